The van der Waals surface area contributed by atoms with E-state index in [4.69, 9.17) is 28.9 Å². The molecule has 2 aromatic carbocycles. The van der Waals surface area contributed by atoms with Crippen LogP contribution in [0, 0.1) is 5.82 Å². The third-order valence-corrected chi connectivity index (χ3v) is 9.70. The molecule has 2 N–H and O–H groups in total. The molecule has 3 fully saturated rings. The molecule has 196 valence electrons. The van der Waals surface area contributed by atoms with Crippen molar-refractivity contribution in [2.75, 3.05) is 13.1 Å². The third kappa shape index (κ3) is 4.27. The van der Waals surface area contributed by atoms with E-state index < -0.39 is 51.8 Å². The van der Waals surface area contributed by atoms with Crippen molar-refractivity contribution < 1.29 is 27.2 Å². The van der Waals surface area contributed by atoms with E-state index in [0.29, 0.717) is 18.4 Å². The standard InChI is InChI=1S/C24H23Cl2FN4O5S/c25-15-3-8-20(18(26)12-15)37(35,36)30-10-9-21(32)31-19(11-14-1-4-16(27)5-2-14)22(33)29(17-6-7-17)13-24(30,31)23(28)34/h1-5,8,12,17,19H,6-7,9-11,13H2,(H2,28,34). The number of carbonyl (C=O) groups excluding carboxylic acids is 3. The van der Waals surface area contributed by atoms with Crippen LogP contribution in [0.2, 0.25) is 10.0 Å². The molecule has 13 heteroatoms. The second kappa shape index (κ2) is 9.23. The van der Waals surface area contributed by atoms with Gasteiger partial charge in [-0.15, -0.1) is 0 Å². The Balaban J connectivity index is 1.67. The van der Waals surface area contributed by atoms with Crippen LogP contribution in [0.3, 0.4) is 0 Å². The zero-order valence-electron chi connectivity index (χ0n) is 19.4. The SMILES string of the molecule is NC(=O)C12CN(C3CC3)C(=O)C(Cc3ccc(F)cc3)N1C(=O)CCN2S(=O)(=O)c1ccc(Cl)cc1Cl. The molecule has 2 unspecified atom stereocenters. The minimum absolute atomic E-state index is 0.0569. The highest BCUT2D eigenvalue weighted by Gasteiger charge is 2.65. The van der Waals surface area contributed by atoms with Gasteiger partial charge in [-0.25, -0.2) is 12.8 Å². The van der Waals surface area contributed by atoms with E-state index in [0.717, 1.165) is 9.21 Å². The number of nitrogens with two attached hydrogens (primary N) is 1. The lowest BCUT2D eigenvalue weighted by Gasteiger charge is -2.57. The van der Waals surface area contributed by atoms with E-state index in [1.807, 2.05) is 0 Å². The fraction of sp³-hybridized carbons (Fsp3) is 0.375. The van der Waals surface area contributed by atoms with Crippen molar-refractivity contribution >= 4 is 50.9 Å². The molecule has 0 bridgehead atoms. The molecule has 1 saturated carbocycles. The van der Waals surface area contributed by atoms with Crippen LogP contribution >= 0.6 is 23.2 Å². The number of hydrogen-bond acceptors (Lipinski definition) is 5. The summed E-state index contributed by atoms with van der Waals surface area (Å²) >= 11 is 12.2. The molecule has 0 spiro atoms. The number of benzene rings is 2. The van der Waals surface area contributed by atoms with Gasteiger partial charge in [-0.2, -0.15) is 4.31 Å². The normalized spacial score (nSPS) is 24.8. The van der Waals surface area contributed by atoms with Crippen molar-refractivity contribution in [3.8, 4) is 0 Å². The molecule has 3 amide bonds. The highest BCUT2D eigenvalue weighted by atomic mass is 35.5. The summed E-state index contributed by atoms with van der Waals surface area (Å²) in [6.07, 6.45) is 1.01. The molecule has 2 heterocycles. The van der Waals surface area contributed by atoms with E-state index in [-0.39, 0.29) is 40.4 Å². The van der Waals surface area contributed by atoms with Crippen LogP contribution in [0.25, 0.3) is 0 Å². The smallest absolute Gasteiger partial charge is 0.261 e. The van der Waals surface area contributed by atoms with Crippen LogP contribution < -0.4 is 5.73 Å². The van der Waals surface area contributed by atoms with E-state index in [1.165, 1.54) is 47.4 Å². The van der Waals surface area contributed by atoms with Crippen LogP contribution in [0.15, 0.2) is 47.4 Å². The van der Waals surface area contributed by atoms with E-state index in [9.17, 15) is 27.2 Å². The van der Waals surface area contributed by atoms with Gasteiger partial charge in [0.1, 0.15) is 16.8 Å². The minimum atomic E-state index is -4.49. The van der Waals surface area contributed by atoms with E-state index in [1.54, 1.807) is 0 Å². The molecule has 0 radical (unpaired) electrons. The van der Waals surface area contributed by atoms with Crippen LogP contribution in [-0.4, -0.2) is 71.1 Å². The number of amides is 3. The molecular formula is C24H23Cl2FN4O5S. The maximum absolute atomic E-state index is 14.0. The van der Waals surface area contributed by atoms with Crippen molar-refractivity contribution in [1.82, 2.24) is 14.1 Å². The fourth-order valence-electron chi connectivity index (χ4n) is 5.19. The summed E-state index contributed by atoms with van der Waals surface area (Å²) in [7, 11) is -4.49. The summed E-state index contributed by atoms with van der Waals surface area (Å²) in [5.74, 6) is -2.56. The first-order valence-electron chi connectivity index (χ1n) is 11.6. The van der Waals surface area contributed by atoms with Crippen molar-refractivity contribution in [3.05, 3.63) is 63.9 Å². The predicted molar refractivity (Wildman–Crippen MR) is 132 cm³/mol. The number of sulfonamides is 1. The molecule has 2 atom stereocenters. The Hall–Kier alpha value is -2.73. The Bertz CT molecular complexity index is 1400. The molecule has 2 aromatic rings. The molecule has 0 aromatic heterocycles. The van der Waals surface area contributed by atoms with Crippen LogP contribution in [0.5, 0.6) is 0 Å². The summed E-state index contributed by atoms with van der Waals surface area (Å²) in [6.45, 7) is -0.739. The molecule has 37 heavy (non-hydrogen) atoms. The molecule has 2 saturated heterocycles. The van der Waals surface area contributed by atoms with Gasteiger partial charge in [-0.05, 0) is 48.7 Å². The molecule has 1 aliphatic carbocycles. The quantitative estimate of drug-likeness (QED) is 0.572. The second-order valence-corrected chi connectivity index (χ2v) is 12.1. The Morgan fingerprint density at radius 2 is 1.78 bits per heavy atom. The van der Waals surface area contributed by atoms with Crippen molar-refractivity contribution in [2.24, 2.45) is 5.73 Å². The van der Waals surface area contributed by atoms with Crippen molar-refractivity contribution in [3.63, 3.8) is 0 Å². The summed E-state index contributed by atoms with van der Waals surface area (Å²) < 4.78 is 42.4. The first-order chi connectivity index (χ1) is 17.5. The second-order valence-electron chi connectivity index (χ2n) is 9.39. The zero-order valence-corrected chi connectivity index (χ0v) is 21.8. The Kier molecular flexibility index (Phi) is 6.46. The lowest BCUT2D eigenvalue weighted by Crippen LogP contribution is -2.82. The first kappa shape index (κ1) is 25.9. The van der Waals surface area contributed by atoms with Gasteiger partial charge in [-0.3, -0.25) is 14.4 Å². The topological polar surface area (TPSA) is 121 Å². The molecular weight excluding hydrogens is 546 g/mol. The number of carbonyl (C=O) groups is 3. The Morgan fingerprint density at radius 3 is 2.38 bits per heavy atom. The van der Waals surface area contributed by atoms with Gasteiger partial charge in [0.15, 0.2) is 0 Å². The number of fused-ring (bicyclic) bond motifs is 1. The number of primary amides is 1. The van der Waals surface area contributed by atoms with E-state index in [2.05, 4.69) is 0 Å². The van der Waals surface area contributed by atoms with Gasteiger partial charge in [0.25, 0.3) is 5.91 Å². The third-order valence-electron chi connectivity index (χ3n) is 7.07. The molecule has 3 aliphatic rings. The van der Waals surface area contributed by atoms with Gasteiger partial charge in [0, 0.05) is 30.5 Å². The Labute approximate surface area is 222 Å². The largest absolute Gasteiger partial charge is 0.366 e. The Morgan fingerprint density at radius 1 is 1.11 bits per heavy atom. The summed E-state index contributed by atoms with van der Waals surface area (Å²) in [5, 5.41) is 0.0518. The number of hydrogen-bond donors (Lipinski definition) is 1. The predicted octanol–water partition coefficient (Wildman–Crippen LogP) is 2.15. The van der Waals surface area contributed by atoms with Crippen molar-refractivity contribution in [2.45, 2.75) is 48.3 Å². The number of nitrogens with zero attached hydrogens (tertiary/aromatic N) is 3. The summed E-state index contributed by atoms with van der Waals surface area (Å²) in [6, 6.07) is 7.79. The highest BCUT2D eigenvalue weighted by molar-refractivity contribution is 7.89. The van der Waals surface area contributed by atoms with Crippen LogP contribution in [0.4, 0.5) is 4.39 Å². The number of halogens is 3. The van der Waals surface area contributed by atoms with Gasteiger partial charge in [0.2, 0.25) is 27.5 Å². The van der Waals surface area contributed by atoms with Crippen molar-refractivity contribution in [1.29, 1.82) is 0 Å². The minimum Gasteiger partial charge on any atom is -0.366 e. The first-order valence-corrected chi connectivity index (χ1v) is 13.8. The molecule has 5 rings (SSSR count). The number of piperazine rings is 1. The summed E-state index contributed by atoms with van der Waals surface area (Å²) in [5.41, 5.74) is 4.27. The maximum Gasteiger partial charge on any atom is 0.261 e. The fourth-order valence-corrected chi connectivity index (χ4v) is 7.64. The number of rotatable bonds is 6. The maximum atomic E-state index is 14.0. The van der Waals surface area contributed by atoms with Gasteiger partial charge >= 0.3 is 0 Å². The molecule has 2 aliphatic heterocycles. The van der Waals surface area contributed by atoms with Crippen LogP contribution in [-0.2, 0) is 30.8 Å². The van der Waals surface area contributed by atoms with Crippen LogP contribution in [0.1, 0.15) is 24.8 Å². The highest BCUT2D eigenvalue weighted by Crippen LogP contribution is 2.43. The average molecular weight is 569 g/mol. The monoisotopic (exact) mass is 568 g/mol. The lowest BCUT2D eigenvalue weighted by atomic mass is 9.90. The zero-order chi connectivity index (χ0) is 26.7. The van der Waals surface area contributed by atoms with Gasteiger partial charge in [0.05, 0.1) is 11.6 Å². The van der Waals surface area contributed by atoms with E-state index >= 15 is 0 Å². The van der Waals surface area contributed by atoms with Gasteiger partial charge in [-0.1, -0.05) is 35.3 Å². The summed E-state index contributed by atoms with van der Waals surface area (Å²) in [4.78, 5) is 42.5. The lowest BCUT2D eigenvalue weighted by molar-refractivity contribution is -0.185. The molecule has 9 nitrogen and oxygen atoms in total. The average Bonchev–Trinajstić information content (AvgIpc) is 3.67. The van der Waals surface area contributed by atoms with Gasteiger partial charge < -0.3 is 15.5 Å².